The molecule has 0 aromatic carbocycles. The first kappa shape index (κ1) is 11.8. The number of ether oxygens (including phenoxy) is 1. The van der Waals surface area contributed by atoms with Crippen LogP contribution in [0, 0.1) is 0 Å². The molecule has 3 rings (SSSR count). The molecule has 2 aliphatic heterocycles. The second-order valence-electron chi connectivity index (χ2n) is 4.57. The van der Waals surface area contributed by atoms with Crippen molar-refractivity contribution in [3.63, 3.8) is 0 Å². The van der Waals surface area contributed by atoms with Gasteiger partial charge in [0.1, 0.15) is 18.2 Å². The second-order valence-corrected chi connectivity index (χ2v) is 4.57. The van der Waals surface area contributed by atoms with Gasteiger partial charge in [-0.25, -0.2) is 9.37 Å². The molecule has 3 heterocycles. The molecule has 2 aliphatic rings. The number of aliphatic imine (C=N–C) groups is 1. The first-order chi connectivity index (χ1) is 9.06. The van der Waals surface area contributed by atoms with Crippen LogP contribution in [0.3, 0.4) is 0 Å². The fraction of sp³-hybridized carbons (Fsp3) is 0.333. The van der Waals surface area contributed by atoms with Gasteiger partial charge in [-0.3, -0.25) is 0 Å². The lowest BCUT2D eigenvalue weighted by Gasteiger charge is -2.21. The van der Waals surface area contributed by atoms with E-state index >= 15 is 0 Å². The van der Waals surface area contributed by atoms with Crippen LogP contribution in [0.25, 0.3) is 0 Å². The van der Waals surface area contributed by atoms with Crippen molar-refractivity contribution >= 4 is 11.7 Å². The molecule has 0 saturated heterocycles. The van der Waals surface area contributed by atoms with E-state index in [9.17, 15) is 9.50 Å². The van der Waals surface area contributed by atoms with E-state index in [1.807, 2.05) is 6.92 Å². The summed E-state index contributed by atoms with van der Waals surface area (Å²) >= 11 is 0. The minimum absolute atomic E-state index is 0.0305. The smallest absolute Gasteiger partial charge is 0.200 e. The molecule has 2 unspecified atom stereocenters. The molecular formula is C12H13FN4O2. The zero-order valence-electron chi connectivity index (χ0n) is 10.2. The SMILES string of the molecule is CC1Nc2ncc(O)cc2C1C1=NC(N)=C(F)CO1. The van der Waals surface area contributed by atoms with Gasteiger partial charge < -0.3 is 20.9 Å². The zero-order chi connectivity index (χ0) is 13.6. The average molecular weight is 264 g/mol. The van der Waals surface area contributed by atoms with Crippen molar-refractivity contribution < 1.29 is 14.2 Å². The molecule has 0 bridgehead atoms. The number of hydrogen-bond acceptors (Lipinski definition) is 6. The Hall–Kier alpha value is -2.31. The highest BCUT2D eigenvalue weighted by atomic mass is 19.1. The van der Waals surface area contributed by atoms with Gasteiger partial charge in [0.2, 0.25) is 0 Å². The van der Waals surface area contributed by atoms with E-state index in [1.54, 1.807) is 6.07 Å². The number of halogens is 1. The van der Waals surface area contributed by atoms with Crippen LogP contribution >= 0.6 is 0 Å². The molecule has 0 fully saturated rings. The van der Waals surface area contributed by atoms with Crippen molar-refractivity contribution in [2.75, 3.05) is 11.9 Å². The molecule has 0 aliphatic carbocycles. The fourth-order valence-corrected chi connectivity index (χ4v) is 2.33. The van der Waals surface area contributed by atoms with E-state index in [1.165, 1.54) is 6.20 Å². The van der Waals surface area contributed by atoms with Crippen LogP contribution < -0.4 is 11.1 Å². The van der Waals surface area contributed by atoms with Gasteiger partial charge in [-0.2, -0.15) is 4.99 Å². The Kier molecular flexibility index (Phi) is 2.55. The van der Waals surface area contributed by atoms with Crippen LogP contribution in [0.4, 0.5) is 10.2 Å². The maximum absolute atomic E-state index is 13.1. The molecule has 0 spiro atoms. The average Bonchev–Trinajstić information content (AvgIpc) is 2.68. The maximum atomic E-state index is 13.1. The van der Waals surface area contributed by atoms with Crippen LogP contribution in [0.2, 0.25) is 0 Å². The number of anilines is 1. The van der Waals surface area contributed by atoms with Crippen molar-refractivity contribution in [3.05, 3.63) is 29.5 Å². The lowest BCUT2D eigenvalue weighted by Crippen LogP contribution is -2.29. The van der Waals surface area contributed by atoms with E-state index < -0.39 is 5.83 Å². The monoisotopic (exact) mass is 264 g/mol. The van der Waals surface area contributed by atoms with Crippen LogP contribution in [0.1, 0.15) is 18.4 Å². The van der Waals surface area contributed by atoms with Gasteiger partial charge in [-0.15, -0.1) is 0 Å². The first-order valence-electron chi connectivity index (χ1n) is 5.87. The third-order valence-corrected chi connectivity index (χ3v) is 3.22. The molecule has 0 amide bonds. The molecule has 100 valence electrons. The van der Waals surface area contributed by atoms with Crippen LogP contribution in [0.5, 0.6) is 5.75 Å². The third-order valence-electron chi connectivity index (χ3n) is 3.22. The Morgan fingerprint density at radius 3 is 3.11 bits per heavy atom. The van der Waals surface area contributed by atoms with Gasteiger partial charge in [0.15, 0.2) is 17.5 Å². The number of fused-ring (bicyclic) bond motifs is 1. The van der Waals surface area contributed by atoms with Crippen molar-refractivity contribution in [1.82, 2.24) is 4.98 Å². The predicted molar refractivity (Wildman–Crippen MR) is 67.4 cm³/mol. The standard InChI is InChI=1S/C12H13FN4O2/c1-5-9(12-17-10(14)8(13)4-19-12)7-2-6(18)3-15-11(7)16-5/h2-3,5,9,18H,4,14H2,1H3,(H,15,16). The van der Waals surface area contributed by atoms with E-state index in [0.29, 0.717) is 11.7 Å². The lowest BCUT2D eigenvalue weighted by atomic mass is 9.96. The molecule has 6 nitrogen and oxygen atoms in total. The molecule has 0 radical (unpaired) electrons. The largest absolute Gasteiger partial charge is 0.506 e. The molecular weight excluding hydrogens is 251 g/mol. The van der Waals surface area contributed by atoms with E-state index in [0.717, 1.165) is 5.56 Å². The Bertz CT molecular complexity index is 599. The van der Waals surface area contributed by atoms with Crippen molar-refractivity contribution in [3.8, 4) is 5.75 Å². The van der Waals surface area contributed by atoms with Gasteiger partial charge >= 0.3 is 0 Å². The number of nitrogens with zero attached hydrogens (tertiary/aromatic N) is 2. The summed E-state index contributed by atoms with van der Waals surface area (Å²) in [6, 6.07) is 1.57. The number of nitrogens with one attached hydrogen (secondary N) is 1. The number of nitrogens with two attached hydrogens (primary N) is 1. The van der Waals surface area contributed by atoms with Crippen LogP contribution in [-0.4, -0.2) is 28.6 Å². The molecule has 1 aromatic rings. The summed E-state index contributed by atoms with van der Waals surface area (Å²) in [7, 11) is 0. The molecule has 4 N–H and O–H groups in total. The topological polar surface area (TPSA) is 92.8 Å². The number of aromatic nitrogens is 1. The minimum Gasteiger partial charge on any atom is -0.506 e. The zero-order valence-corrected chi connectivity index (χ0v) is 10.2. The molecule has 1 aromatic heterocycles. The Balaban J connectivity index is 2.03. The Morgan fingerprint density at radius 2 is 2.37 bits per heavy atom. The molecule has 0 saturated carbocycles. The van der Waals surface area contributed by atoms with Crippen LogP contribution in [0.15, 0.2) is 28.9 Å². The summed E-state index contributed by atoms with van der Waals surface area (Å²) in [4.78, 5) is 8.05. The lowest BCUT2D eigenvalue weighted by molar-refractivity contribution is 0.279. The second kappa shape index (κ2) is 4.11. The highest BCUT2D eigenvalue weighted by molar-refractivity contribution is 5.89. The predicted octanol–water partition coefficient (Wildman–Crippen LogP) is 1.21. The number of rotatable bonds is 1. The van der Waals surface area contributed by atoms with Crippen molar-refractivity contribution in [2.24, 2.45) is 10.7 Å². The van der Waals surface area contributed by atoms with E-state index in [-0.39, 0.29) is 30.1 Å². The number of aromatic hydroxyl groups is 1. The van der Waals surface area contributed by atoms with Gasteiger partial charge in [-0.1, -0.05) is 0 Å². The van der Waals surface area contributed by atoms with Gasteiger partial charge in [0, 0.05) is 11.6 Å². The quantitative estimate of drug-likeness (QED) is 0.709. The Morgan fingerprint density at radius 1 is 1.58 bits per heavy atom. The van der Waals surface area contributed by atoms with Crippen molar-refractivity contribution in [2.45, 2.75) is 18.9 Å². The first-order valence-corrected chi connectivity index (χ1v) is 5.87. The van der Waals surface area contributed by atoms with E-state index in [2.05, 4.69) is 15.3 Å². The summed E-state index contributed by atoms with van der Waals surface area (Å²) in [5.41, 5.74) is 6.25. The minimum atomic E-state index is -0.573. The van der Waals surface area contributed by atoms with Crippen molar-refractivity contribution in [1.29, 1.82) is 0 Å². The van der Waals surface area contributed by atoms with Gasteiger partial charge in [0.25, 0.3) is 0 Å². The molecule has 2 atom stereocenters. The summed E-state index contributed by atoms with van der Waals surface area (Å²) < 4.78 is 18.4. The Labute approximate surface area is 108 Å². The summed E-state index contributed by atoms with van der Waals surface area (Å²) in [5.74, 6) is 0.0823. The highest BCUT2D eigenvalue weighted by Crippen LogP contribution is 2.38. The number of pyridine rings is 1. The maximum Gasteiger partial charge on any atom is 0.200 e. The summed E-state index contributed by atoms with van der Waals surface area (Å²) in [5, 5.41) is 12.7. The third kappa shape index (κ3) is 1.87. The summed E-state index contributed by atoms with van der Waals surface area (Å²) in [6.45, 7) is 1.72. The normalized spacial score (nSPS) is 25.5. The highest BCUT2D eigenvalue weighted by Gasteiger charge is 2.37. The van der Waals surface area contributed by atoms with Gasteiger partial charge in [-0.05, 0) is 13.0 Å². The van der Waals surface area contributed by atoms with E-state index in [4.69, 9.17) is 10.5 Å². The molecule has 19 heavy (non-hydrogen) atoms. The summed E-state index contributed by atoms with van der Waals surface area (Å²) in [6.07, 6.45) is 1.36. The number of hydrogen-bond donors (Lipinski definition) is 3. The van der Waals surface area contributed by atoms with Crippen LogP contribution in [-0.2, 0) is 4.74 Å². The molecule has 7 heteroatoms. The fourth-order valence-electron chi connectivity index (χ4n) is 2.33. The van der Waals surface area contributed by atoms with Gasteiger partial charge in [0.05, 0.1) is 12.1 Å².